The number of nitrogens with zero attached hydrogens (tertiary/aromatic N) is 2. The van der Waals surface area contributed by atoms with Gasteiger partial charge >= 0.3 is 0 Å². The molecule has 2 heteroatoms. The molecule has 0 aromatic heterocycles. The molecule has 0 radical (unpaired) electrons. The van der Waals surface area contributed by atoms with Crippen LogP contribution >= 0.6 is 0 Å². The summed E-state index contributed by atoms with van der Waals surface area (Å²) < 4.78 is 0. The summed E-state index contributed by atoms with van der Waals surface area (Å²) in [7, 11) is 0. The van der Waals surface area contributed by atoms with E-state index < -0.39 is 11.8 Å². The maximum absolute atomic E-state index is 9.41. The number of nitriles is 2. The molecule has 0 aliphatic heterocycles. The van der Waals surface area contributed by atoms with Crippen LogP contribution in [0.1, 0.15) is 28.5 Å². The van der Waals surface area contributed by atoms with E-state index in [1.165, 1.54) is 0 Å². The minimum absolute atomic E-state index is 0.436. The second kappa shape index (κ2) is 5.85. The number of hydrogen-bond donors (Lipinski definition) is 0. The van der Waals surface area contributed by atoms with Crippen LogP contribution in [0.2, 0.25) is 0 Å². The van der Waals surface area contributed by atoms with E-state index in [-0.39, 0.29) is 0 Å². The molecule has 0 saturated carbocycles. The lowest BCUT2D eigenvalue weighted by Crippen LogP contribution is -2.08. The molecule has 2 aromatic carbocycles. The number of aryl methyl sites for hydroxylation is 1. The topological polar surface area (TPSA) is 47.6 Å². The van der Waals surface area contributed by atoms with Gasteiger partial charge < -0.3 is 0 Å². The number of hydrogen-bond acceptors (Lipinski definition) is 2. The van der Waals surface area contributed by atoms with E-state index in [0.29, 0.717) is 0 Å². The predicted octanol–water partition coefficient (Wildman–Crippen LogP) is 3.91. The van der Waals surface area contributed by atoms with Gasteiger partial charge in [-0.25, -0.2) is 0 Å². The first-order valence-corrected chi connectivity index (χ1v) is 6.17. The van der Waals surface area contributed by atoms with Crippen LogP contribution in [-0.2, 0) is 0 Å². The summed E-state index contributed by atoms with van der Waals surface area (Å²) in [6, 6.07) is 21.8. The Morgan fingerprint density at radius 1 is 0.737 bits per heavy atom. The Morgan fingerprint density at radius 3 is 1.68 bits per heavy atom. The maximum atomic E-state index is 9.41. The summed E-state index contributed by atoms with van der Waals surface area (Å²) in [4.78, 5) is 0. The zero-order chi connectivity index (χ0) is 13.7. The second-order valence-electron chi connectivity index (χ2n) is 4.53. The van der Waals surface area contributed by atoms with Crippen molar-refractivity contribution in [1.29, 1.82) is 10.5 Å². The summed E-state index contributed by atoms with van der Waals surface area (Å²) in [6.07, 6.45) is 0. The van der Waals surface area contributed by atoms with Crippen molar-refractivity contribution >= 4 is 0 Å². The Bertz CT molecular complexity index is 615. The Kier molecular flexibility index (Phi) is 3.96. The van der Waals surface area contributed by atoms with Gasteiger partial charge in [0, 0.05) is 0 Å². The van der Waals surface area contributed by atoms with E-state index in [4.69, 9.17) is 0 Å². The molecule has 0 fully saturated rings. The van der Waals surface area contributed by atoms with E-state index in [9.17, 15) is 10.5 Å². The highest BCUT2D eigenvalue weighted by Crippen LogP contribution is 2.32. The molecule has 0 aliphatic carbocycles. The fourth-order valence-electron chi connectivity index (χ4n) is 2.12. The van der Waals surface area contributed by atoms with Crippen molar-refractivity contribution in [3.05, 3.63) is 71.3 Å². The van der Waals surface area contributed by atoms with Crippen molar-refractivity contribution in [2.24, 2.45) is 0 Å². The number of rotatable bonds is 3. The van der Waals surface area contributed by atoms with Crippen molar-refractivity contribution in [3.63, 3.8) is 0 Å². The molecule has 0 N–H and O–H groups in total. The van der Waals surface area contributed by atoms with E-state index in [0.717, 1.165) is 16.7 Å². The van der Waals surface area contributed by atoms with E-state index in [1.807, 2.05) is 61.5 Å². The van der Waals surface area contributed by atoms with Gasteiger partial charge in [-0.15, -0.1) is 0 Å². The molecular formula is C17H14N2. The summed E-state index contributed by atoms with van der Waals surface area (Å²) >= 11 is 0. The highest BCUT2D eigenvalue weighted by atomic mass is 14.4. The van der Waals surface area contributed by atoms with E-state index in [2.05, 4.69) is 12.1 Å². The van der Waals surface area contributed by atoms with Crippen LogP contribution < -0.4 is 0 Å². The minimum atomic E-state index is -0.437. The van der Waals surface area contributed by atoms with E-state index >= 15 is 0 Å². The predicted molar refractivity (Wildman–Crippen MR) is 74.3 cm³/mol. The molecule has 2 nitrogen and oxygen atoms in total. The molecule has 0 spiro atoms. The van der Waals surface area contributed by atoms with Gasteiger partial charge in [0.15, 0.2) is 0 Å². The van der Waals surface area contributed by atoms with E-state index in [1.54, 1.807) is 0 Å². The van der Waals surface area contributed by atoms with Crippen LogP contribution in [0, 0.1) is 29.6 Å². The van der Waals surface area contributed by atoms with Crippen molar-refractivity contribution in [2.45, 2.75) is 18.8 Å². The molecule has 19 heavy (non-hydrogen) atoms. The first-order valence-electron chi connectivity index (χ1n) is 6.17. The van der Waals surface area contributed by atoms with Crippen LogP contribution in [0.3, 0.4) is 0 Å². The first-order chi connectivity index (χ1) is 9.26. The zero-order valence-corrected chi connectivity index (χ0v) is 10.7. The molecule has 0 saturated heterocycles. The van der Waals surface area contributed by atoms with Crippen LogP contribution in [0.5, 0.6) is 0 Å². The second-order valence-corrected chi connectivity index (χ2v) is 4.53. The van der Waals surface area contributed by atoms with Gasteiger partial charge in [-0.05, 0) is 18.1 Å². The lowest BCUT2D eigenvalue weighted by molar-refractivity contribution is 0.761. The average molecular weight is 246 g/mol. The van der Waals surface area contributed by atoms with Crippen molar-refractivity contribution < 1.29 is 0 Å². The third-order valence-corrected chi connectivity index (χ3v) is 3.21. The zero-order valence-electron chi connectivity index (χ0n) is 10.7. The summed E-state index contributed by atoms with van der Waals surface area (Å²) in [5, 5.41) is 18.8. The van der Waals surface area contributed by atoms with Crippen LogP contribution in [-0.4, -0.2) is 0 Å². The van der Waals surface area contributed by atoms with Gasteiger partial charge in [0.25, 0.3) is 0 Å². The Balaban J connectivity index is 2.39. The highest BCUT2D eigenvalue weighted by molar-refractivity contribution is 5.37. The van der Waals surface area contributed by atoms with Crippen LogP contribution in [0.25, 0.3) is 0 Å². The SMILES string of the molecule is Cc1ccc([C@H](C#N)[C@H](C#N)c2ccccc2)cc1. The van der Waals surface area contributed by atoms with Gasteiger partial charge in [-0.2, -0.15) is 10.5 Å². The monoisotopic (exact) mass is 246 g/mol. The average Bonchev–Trinajstić information content (AvgIpc) is 2.47. The lowest BCUT2D eigenvalue weighted by atomic mass is 9.83. The van der Waals surface area contributed by atoms with Gasteiger partial charge in [0.1, 0.15) is 0 Å². The summed E-state index contributed by atoms with van der Waals surface area (Å²) in [5.74, 6) is -0.873. The molecule has 0 aliphatic rings. The van der Waals surface area contributed by atoms with Crippen molar-refractivity contribution in [2.75, 3.05) is 0 Å². The first kappa shape index (κ1) is 12.9. The molecule has 92 valence electrons. The Hall–Kier alpha value is -2.58. The molecule has 0 unspecified atom stereocenters. The quantitative estimate of drug-likeness (QED) is 0.824. The summed E-state index contributed by atoms with van der Waals surface area (Å²) in [5.41, 5.74) is 2.93. The largest absolute Gasteiger partial charge is 0.198 e. The molecule has 0 amide bonds. The van der Waals surface area contributed by atoms with Gasteiger partial charge in [-0.3, -0.25) is 0 Å². The smallest absolute Gasteiger partial charge is 0.0911 e. The lowest BCUT2D eigenvalue weighted by Gasteiger charge is -2.16. The third kappa shape index (κ3) is 2.81. The fourth-order valence-corrected chi connectivity index (χ4v) is 2.12. The maximum Gasteiger partial charge on any atom is 0.0911 e. The molecule has 2 rings (SSSR count). The molecule has 2 aromatic rings. The standard InChI is InChI=1S/C17H14N2/c1-13-7-9-15(10-8-13)17(12-19)16(11-18)14-5-3-2-4-6-14/h2-10,16-17H,1H3/t16-,17+/m1/s1. The summed E-state index contributed by atoms with van der Waals surface area (Å²) in [6.45, 7) is 2.00. The highest BCUT2D eigenvalue weighted by Gasteiger charge is 2.24. The minimum Gasteiger partial charge on any atom is -0.198 e. The van der Waals surface area contributed by atoms with Crippen molar-refractivity contribution in [3.8, 4) is 12.1 Å². The normalized spacial score (nSPS) is 13.0. The van der Waals surface area contributed by atoms with Gasteiger partial charge in [0.05, 0.1) is 24.0 Å². The number of benzene rings is 2. The molecule has 2 atom stereocenters. The van der Waals surface area contributed by atoms with Crippen LogP contribution in [0.15, 0.2) is 54.6 Å². The van der Waals surface area contributed by atoms with Crippen molar-refractivity contribution in [1.82, 2.24) is 0 Å². The third-order valence-electron chi connectivity index (χ3n) is 3.21. The van der Waals surface area contributed by atoms with Crippen LogP contribution in [0.4, 0.5) is 0 Å². The fraction of sp³-hybridized carbons (Fsp3) is 0.176. The molecule has 0 bridgehead atoms. The Labute approximate surface area is 113 Å². The molecule has 0 heterocycles. The molecular weight excluding hydrogens is 232 g/mol. The van der Waals surface area contributed by atoms with Gasteiger partial charge in [0.2, 0.25) is 0 Å². The van der Waals surface area contributed by atoms with Gasteiger partial charge in [-0.1, -0.05) is 60.2 Å². The Morgan fingerprint density at radius 2 is 1.21 bits per heavy atom.